The average molecular weight is 258 g/mol. The van der Waals surface area contributed by atoms with Crippen LogP contribution in [0.5, 0.6) is 0 Å². The summed E-state index contributed by atoms with van der Waals surface area (Å²) in [6.07, 6.45) is 0. The lowest BCUT2D eigenvalue weighted by molar-refractivity contribution is -0.171. The number of hydrogen-bond acceptors (Lipinski definition) is 6. The van der Waals surface area contributed by atoms with Crippen LogP contribution in [0.3, 0.4) is 0 Å². The van der Waals surface area contributed by atoms with Gasteiger partial charge in [0.15, 0.2) is 0 Å². The Morgan fingerprint density at radius 3 is 2.17 bits per heavy atom. The Morgan fingerprint density at radius 2 is 1.83 bits per heavy atom. The molecule has 0 aromatic heterocycles. The first-order valence-electron chi connectivity index (χ1n) is 5.24. The van der Waals surface area contributed by atoms with Crippen LogP contribution in [0.25, 0.3) is 10.4 Å². The van der Waals surface area contributed by atoms with E-state index in [0.29, 0.717) is 0 Å². The minimum absolute atomic E-state index is 0.828. The largest absolute Gasteiger partial charge is 0.467 e. The first kappa shape index (κ1) is 16.2. The minimum atomic E-state index is -2.16. The fraction of sp³-hybridized carbons (Fsp3) is 0.800. The van der Waals surface area contributed by atoms with Gasteiger partial charge in [-0.05, 0) is 26.3 Å². The van der Waals surface area contributed by atoms with Crippen molar-refractivity contribution in [3.63, 3.8) is 0 Å². The molecule has 0 saturated heterocycles. The molecular formula is C10H18N4O4. The molecule has 0 saturated carbocycles. The zero-order chi connectivity index (χ0) is 14.6. The molecule has 0 radical (unpaired) electrons. The van der Waals surface area contributed by atoms with Gasteiger partial charge in [0, 0.05) is 4.91 Å². The lowest BCUT2D eigenvalue weighted by Gasteiger charge is -2.31. The molecule has 102 valence electrons. The predicted molar refractivity (Wildman–Crippen MR) is 63.4 cm³/mol. The van der Waals surface area contributed by atoms with Crippen molar-refractivity contribution in [3.05, 3.63) is 10.4 Å². The Morgan fingerprint density at radius 1 is 1.33 bits per heavy atom. The quantitative estimate of drug-likeness (QED) is 0.263. The van der Waals surface area contributed by atoms with Crippen LogP contribution in [-0.4, -0.2) is 36.2 Å². The van der Waals surface area contributed by atoms with E-state index in [1.54, 1.807) is 20.8 Å². The van der Waals surface area contributed by atoms with E-state index >= 15 is 0 Å². The van der Waals surface area contributed by atoms with Crippen molar-refractivity contribution in [1.82, 2.24) is 0 Å². The number of ether oxygens (including phenoxy) is 2. The average Bonchev–Trinajstić information content (AvgIpc) is 2.24. The maximum atomic E-state index is 12.0. The highest BCUT2D eigenvalue weighted by Crippen LogP contribution is 2.19. The molecule has 0 rings (SSSR count). The third-order valence-corrected chi connectivity index (χ3v) is 2.14. The van der Waals surface area contributed by atoms with Crippen LogP contribution in [0.15, 0.2) is 5.11 Å². The number of carbonyl (C=O) groups is 2. The Labute approximate surface area is 105 Å². The van der Waals surface area contributed by atoms with Crippen LogP contribution in [0.2, 0.25) is 0 Å². The van der Waals surface area contributed by atoms with Gasteiger partial charge in [-0.3, -0.25) is 0 Å². The summed E-state index contributed by atoms with van der Waals surface area (Å²) in [6, 6.07) is -1.13. The zero-order valence-corrected chi connectivity index (χ0v) is 11.1. The summed E-state index contributed by atoms with van der Waals surface area (Å²) in [5.74, 6) is -2.02. The standard InChI is InChI=1S/C10H18N4O4/c1-6(13-14-12)10(11,7(15)17-5)8(16)18-9(2,3)4/h6H,11H2,1-5H3/t6-,10+/m1/s1. The SMILES string of the molecule is COC(=O)[C@](N)(C(=O)OC(C)(C)C)[C@@H](C)N=[N+]=[N-]. The number of azide groups is 1. The van der Waals surface area contributed by atoms with E-state index < -0.39 is 29.1 Å². The normalized spacial score (nSPS) is 15.9. The second-order valence-electron chi connectivity index (χ2n) is 4.74. The molecule has 0 aliphatic heterocycles. The van der Waals surface area contributed by atoms with E-state index in [-0.39, 0.29) is 0 Å². The van der Waals surface area contributed by atoms with Crippen molar-refractivity contribution in [1.29, 1.82) is 0 Å². The van der Waals surface area contributed by atoms with E-state index in [0.717, 1.165) is 7.11 Å². The van der Waals surface area contributed by atoms with Gasteiger partial charge in [0.2, 0.25) is 5.54 Å². The summed E-state index contributed by atoms with van der Waals surface area (Å²) < 4.78 is 9.52. The number of esters is 2. The van der Waals surface area contributed by atoms with Gasteiger partial charge in [-0.2, -0.15) is 0 Å². The smallest absolute Gasteiger partial charge is 0.338 e. The van der Waals surface area contributed by atoms with E-state index in [2.05, 4.69) is 14.8 Å². The Hall–Kier alpha value is -1.79. The van der Waals surface area contributed by atoms with Crippen LogP contribution in [0, 0.1) is 0 Å². The molecule has 0 bridgehead atoms. The molecule has 0 heterocycles. The Balaban J connectivity index is 5.41. The van der Waals surface area contributed by atoms with Crippen LogP contribution >= 0.6 is 0 Å². The van der Waals surface area contributed by atoms with Gasteiger partial charge in [0.05, 0.1) is 13.2 Å². The highest BCUT2D eigenvalue weighted by molar-refractivity contribution is 6.05. The molecule has 2 N–H and O–H groups in total. The maximum Gasteiger partial charge on any atom is 0.338 e. The molecule has 0 aromatic carbocycles. The first-order chi connectivity index (χ1) is 8.09. The minimum Gasteiger partial charge on any atom is -0.467 e. The lowest BCUT2D eigenvalue weighted by atomic mass is 9.92. The molecule has 2 atom stereocenters. The number of nitrogens with two attached hydrogens (primary N) is 1. The third-order valence-electron chi connectivity index (χ3n) is 2.14. The highest BCUT2D eigenvalue weighted by Gasteiger charge is 2.50. The fourth-order valence-electron chi connectivity index (χ4n) is 1.12. The van der Waals surface area contributed by atoms with Crippen LogP contribution in [-0.2, 0) is 19.1 Å². The van der Waals surface area contributed by atoms with Gasteiger partial charge >= 0.3 is 11.9 Å². The lowest BCUT2D eigenvalue weighted by Crippen LogP contribution is -2.63. The summed E-state index contributed by atoms with van der Waals surface area (Å²) >= 11 is 0. The molecule has 0 amide bonds. The number of carbonyl (C=O) groups excluding carboxylic acids is 2. The predicted octanol–water partition coefficient (Wildman–Crippen LogP) is 0.897. The molecular weight excluding hydrogens is 240 g/mol. The molecule has 8 heteroatoms. The van der Waals surface area contributed by atoms with E-state index in [4.69, 9.17) is 16.0 Å². The van der Waals surface area contributed by atoms with E-state index in [1.165, 1.54) is 6.92 Å². The van der Waals surface area contributed by atoms with Crippen molar-refractivity contribution in [2.24, 2.45) is 10.8 Å². The van der Waals surface area contributed by atoms with Crippen molar-refractivity contribution in [2.45, 2.75) is 44.9 Å². The highest BCUT2D eigenvalue weighted by atomic mass is 16.6. The van der Waals surface area contributed by atoms with Crippen molar-refractivity contribution >= 4 is 11.9 Å². The molecule has 8 nitrogen and oxygen atoms in total. The topological polar surface area (TPSA) is 127 Å². The number of rotatable bonds is 4. The fourth-order valence-corrected chi connectivity index (χ4v) is 1.12. The van der Waals surface area contributed by atoms with Crippen molar-refractivity contribution in [2.75, 3.05) is 7.11 Å². The van der Waals surface area contributed by atoms with Gasteiger partial charge in [0.25, 0.3) is 0 Å². The molecule has 18 heavy (non-hydrogen) atoms. The van der Waals surface area contributed by atoms with Crippen molar-refractivity contribution < 1.29 is 19.1 Å². The second kappa shape index (κ2) is 5.70. The number of nitrogens with zero attached hydrogens (tertiary/aromatic N) is 3. The summed E-state index contributed by atoms with van der Waals surface area (Å²) in [5, 5.41) is 3.27. The van der Waals surface area contributed by atoms with Gasteiger partial charge in [-0.1, -0.05) is 12.0 Å². The maximum absolute atomic E-state index is 12.0. The third kappa shape index (κ3) is 3.61. The van der Waals surface area contributed by atoms with E-state index in [1.807, 2.05) is 0 Å². The monoisotopic (exact) mass is 258 g/mol. The van der Waals surface area contributed by atoms with Crippen LogP contribution in [0.4, 0.5) is 0 Å². The van der Waals surface area contributed by atoms with Gasteiger partial charge in [0.1, 0.15) is 5.60 Å². The Kier molecular flexibility index (Phi) is 5.13. The summed E-state index contributed by atoms with van der Waals surface area (Å²) in [4.78, 5) is 26.1. The summed E-state index contributed by atoms with van der Waals surface area (Å²) in [5.41, 5.74) is 11.1. The Bertz CT molecular complexity index is 384. The molecule has 0 aliphatic rings. The van der Waals surface area contributed by atoms with Crippen molar-refractivity contribution in [3.8, 4) is 0 Å². The number of hydrogen-bond donors (Lipinski definition) is 1. The zero-order valence-electron chi connectivity index (χ0n) is 11.1. The van der Waals surface area contributed by atoms with Crippen LogP contribution in [0.1, 0.15) is 27.7 Å². The molecule has 0 aliphatic carbocycles. The van der Waals surface area contributed by atoms with Gasteiger partial charge < -0.3 is 15.2 Å². The summed E-state index contributed by atoms with van der Waals surface area (Å²) in [6.45, 7) is 6.21. The first-order valence-corrected chi connectivity index (χ1v) is 5.24. The molecule has 0 aromatic rings. The van der Waals surface area contributed by atoms with Crippen LogP contribution < -0.4 is 5.73 Å². The molecule has 0 unspecified atom stereocenters. The molecule has 0 spiro atoms. The van der Waals surface area contributed by atoms with Gasteiger partial charge in [-0.25, -0.2) is 9.59 Å². The molecule has 0 fully saturated rings. The number of methoxy groups -OCH3 is 1. The second-order valence-corrected chi connectivity index (χ2v) is 4.74. The van der Waals surface area contributed by atoms with Gasteiger partial charge in [-0.15, -0.1) is 0 Å². The van der Waals surface area contributed by atoms with E-state index in [9.17, 15) is 9.59 Å². The summed E-state index contributed by atoms with van der Waals surface area (Å²) in [7, 11) is 1.08.